The summed E-state index contributed by atoms with van der Waals surface area (Å²) in [6, 6.07) is 1.22. The van der Waals surface area contributed by atoms with Crippen molar-refractivity contribution < 1.29 is 4.74 Å². The molecule has 0 aliphatic carbocycles. The molecule has 1 saturated heterocycles. The molecule has 0 aromatic rings. The summed E-state index contributed by atoms with van der Waals surface area (Å²) in [7, 11) is 1.79. The van der Waals surface area contributed by atoms with Gasteiger partial charge in [0.05, 0.1) is 6.61 Å². The van der Waals surface area contributed by atoms with Crippen LogP contribution >= 0.6 is 11.8 Å². The molecule has 1 N–H and O–H groups in total. The van der Waals surface area contributed by atoms with Crippen LogP contribution in [0.4, 0.5) is 0 Å². The minimum absolute atomic E-state index is 0.533. The van der Waals surface area contributed by atoms with Gasteiger partial charge in [-0.25, -0.2) is 0 Å². The van der Waals surface area contributed by atoms with Gasteiger partial charge in [-0.15, -0.1) is 0 Å². The molecule has 90 valence electrons. The first-order chi connectivity index (χ1) is 7.29. The maximum Gasteiger partial charge on any atom is 0.0630 e. The van der Waals surface area contributed by atoms with Crippen LogP contribution < -0.4 is 5.32 Å². The lowest BCUT2D eigenvalue weighted by molar-refractivity contribution is 0.0734. The van der Waals surface area contributed by atoms with Crippen molar-refractivity contribution in [2.24, 2.45) is 0 Å². The predicted molar refractivity (Wildman–Crippen MR) is 67.7 cm³/mol. The molecule has 1 fully saturated rings. The van der Waals surface area contributed by atoms with Gasteiger partial charge in [0.2, 0.25) is 0 Å². The second kappa shape index (κ2) is 7.49. The molecule has 2 unspecified atom stereocenters. The van der Waals surface area contributed by atoms with E-state index >= 15 is 0 Å². The van der Waals surface area contributed by atoms with Crippen LogP contribution in [0.3, 0.4) is 0 Å². The van der Waals surface area contributed by atoms with Crippen LogP contribution in [0.1, 0.15) is 13.8 Å². The van der Waals surface area contributed by atoms with Crippen molar-refractivity contribution in [3.8, 4) is 0 Å². The minimum Gasteiger partial charge on any atom is -0.383 e. The number of hydrogen-bond donors (Lipinski definition) is 1. The molecule has 0 bridgehead atoms. The highest BCUT2D eigenvalue weighted by molar-refractivity contribution is 7.99. The molecule has 0 aromatic carbocycles. The Bertz CT molecular complexity index is 169. The summed E-state index contributed by atoms with van der Waals surface area (Å²) >= 11 is 2.06. The van der Waals surface area contributed by atoms with E-state index in [-0.39, 0.29) is 0 Å². The monoisotopic (exact) mass is 232 g/mol. The molecule has 0 aromatic heterocycles. The lowest BCUT2D eigenvalue weighted by Crippen LogP contribution is -2.52. The Morgan fingerprint density at radius 3 is 3.00 bits per heavy atom. The molecule has 2 atom stereocenters. The highest BCUT2D eigenvalue weighted by atomic mass is 32.2. The predicted octanol–water partition coefficient (Wildman–Crippen LogP) is 1.05. The molecule has 1 heterocycles. The number of nitrogens with zero attached hydrogens (tertiary/aromatic N) is 1. The quantitative estimate of drug-likeness (QED) is 0.740. The lowest BCUT2D eigenvalue weighted by atomic mass is 10.2. The van der Waals surface area contributed by atoms with Crippen molar-refractivity contribution in [3.05, 3.63) is 0 Å². The molecule has 0 amide bonds. The van der Waals surface area contributed by atoms with E-state index in [9.17, 15) is 0 Å². The maximum absolute atomic E-state index is 5.31. The molecule has 1 aliphatic rings. The highest BCUT2D eigenvalue weighted by Crippen LogP contribution is 2.18. The maximum atomic E-state index is 5.31. The van der Waals surface area contributed by atoms with Gasteiger partial charge in [-0.3, -0.25) is 4.90 Å². The molecule has 0 saturated carbocycles. The zero-order valence-electron chi connectivity index (χ0n) is 10.2. The van der Waals surface area contributed by atoms with E-state index in [2.05, 4.69) is 35.8 Å². The van der Waals surface area contributed by atoms with Gasteiger partial charge in [0.1, 0.15) is 0 Å². The lowest BCUT2D eigenvalue weighted by Gasteiger charge is -2.39. The molecular weight excluding hydrogens is 208 g/mol. The van der Waals surface area contributed by atoms with E-state index in [4.69, 9.17) is 4.74 Å². The first-order valence-corrected chi connectivity index (χ1v) is 6.98. The van der Waals surface area contributed by atoms with Gasteiger partial charge in [-0.1, -0.05) is 6.92 Å². The van der Waals surface area contributed by atoms with Crippen LogP contribution in [0, 0.1) is 0 Å². The van der Waals surface area contributed by atoms with Gasteiger partial charge in [-0.05, 0) is 13.5 Å². The second-order valence-electron chi connectivity index (χ2n) is 4.08. The van der Waals surface area contributed by atoms with Crippen molar-refractivity contribution in [1.29, 1.82) is 0 Å². The molecule has 3 nitrogen and oxygen atoms in total. The Morgan fingerprint density at radius 1 is 1.60 bits per heavy atom. The third kappa shape index (κ3) is 4.31. The highest BCUT2D eigenvalue weighted by Gasteiger charge is 2.25. The van der Waals surface area contributed by atoms with Crippen LogP contribution in [0.5, 0.6) is 0 Å². The Hall–Kier alpha value is 0.230. The number of rotatable bonds is 6. The topological polar surface area (TPSA) is 24.5 Å². The van der Waals surface area contributed by atoms with E-state index in [1.165, 1.54) is 18.1 Å². The zero-order chi connectivity index (χ0) is 11.1. The van der Waals surface area contributed by atoms with Gasteiger partial charge >= 0.3 is 0 Å². The van der Waals surface area contributed by atoms with Crippen molar-refractivity contribution >= 4 is 11.8 Å². The van der Waals surface area contributed by atoms with E-state index in [0.29, 0.717) is 12.1 Å². The number of hydrogen-bond acceptors (Lipinski definition) is 4. The first kappa shape index (κ1) is 13.3. The summed E-state index contributed by atoms with van der Waals surface area (Å²) < 4.78 is 5.31. The molecular formula is C11H24N2OS. The van der Waals surface area contributed by atoms with Crippen molar-refractivity contribution in [2.75, 3.05) is 44.9 Å². The number of ether oxygens (including phenoxy) is 1. The third-order valence-electron chi connectivity index (χ3n) is 2.88. The minimum atomic E-state index is 0.533. The molecule has 1 aliphatic heterocycles. The van der Waals surface area contributed by atoms with Gasteiger partial charge in [0.15, 0.2) is 0 Å². The smallest absolute Gasteiger partial charge is 0.0630 e. The Labute approximate surface area is 97.9 Å². The number of likely N-dealkylation sites (N-methyl/N-ethyl adjacent to an activating group) is 1. The number of nitrogens with one attached hydrogen (secondary N) is 1. The van der Waals surface area contributed by atoms with Gasteiger partial charge in [0.25, 0.3) is 0 Å². The average Bonchev–Trinajstić information content (AvgIpc) is 2.25. The van der Waals surface area contributed by atoms with Crippen LogP contribution in [0.2, 0.25) is 0 Å². The van der Waals surface area contributed by atoms with Gasteiger partial charge < -0.3 is 10.1 Å². The fraction of sp³-hybridized carbons (Fsp3) is 1.00. The van der Waals surface area contributed by atoms with Crippen molar-refractivity contribution in [3.63, 3.8) is 0 Å². The molecule has 4 heteroatoms. The number of methoxy groups -OCH3 is 1. The van der Waals surface area contributed by atoms with Gasteiger partial charge in [0, 0.05) is 43.8 Å². The Balaban J connectivity index is 2.44. The summed E-state index contributed by atoms with van der Waals surface area (Å²) in [5.74, 6) is 2.52. The van der Waals surface area contributed by atoms with Crippen molar-refractivity contribution in [1.82, 2.24) is 10.2 Å². The normalized spacial score (nSPS) is 25.4. The van der Waals surface area contributed by atoms with Crippen molar-refractivity contribution in [2.45, 2.75) is 25.9 Å². The third-order valence-corrected chi connectivity index (χ3v) is 4.07. The van der Waals surface area contributed by atoms with E-state index < -0.39 is 0 Å². The summed E-state index contributed by atoms with van der Waals surface area (Å²) in [6.07, 6.45) is 0. The van der Waals surface area contributed by atoms with Crippen LogP contribution in [0.25, 0.3) is 0 Å². The van der Waals surface area contributed by atoms with Crippen LogP contribution in [-0.4, -0.2) is 61.8 Å². The first-order valence-electron chi connectivity index (χ1n) is 5.82. The second-order valence-corrected chi connectivity index (χ2v) is 5.23. The van der Waals surface area contributed by atoms with Crippen LogP contribution in [0.15, 0.2) is 0 Å². The average molecular weight is 232 g/mol. The zero-order valence-corrected chi connectivity index (χ0v) is 11.0. The Kier molecular flexibility index (Phi) is 6.64. The molecule has 1 rings (SSSR count). The standard InChI is InChI=1S/C11H24N2OS/c1-4-12-7-11(8-14-3)13-5-6-15-9-10(13)2/h10-12H,4-9H2,1-3H3. The van der Waals surface area contributed by atoms with E-state index in [0.717, 1.165) is 19.7 Å². The summed E-state index contributed by atoms with van der Waals surface area (Å²) in [5.41, 5.74) is 0. The summed E-state index contributed by atoms with van der Waals surface area (Å²) in [6.45, 7) is 8.59. The number of thioether (sulfide) groups is 1. The van der Waals surface area contributed by atoms with Gasteiger partial charge in [-0.2, -0.15) is 11.8 Å². The van der Waals surface area contributed by atoms with E-state index in [1.54, 1.807) is 7.11 Å². The molecule has 0 spiro atoms. The fourth-order valence-electron chi connectivity index (χ4n) is 2.06. The molecule has 15 heavy (non-hydrogen) atoms. The molecule has 0 radical (unpaired) electrons. The summed E-state index contributed by atoms with van der Waals surface area (Å²) in [5, 5.41) is 3.42. The van der Waals surface area contributed by atoms with Crippen LogP contribution in [-0.2, 0) is 4.74 Å². The largest absolute Gasteiger partial charge is 0.383 e. The fourth-order valence-corrected chi connectivity index (χ4v) is 3.10. The summed E-state index contributed by atoms with van der Waals surface area (Å²) in [4.78, 5) is 2.59. The van der Waals surface area contributed by atoms with E-state index in [1.807, 2.05) is 0 Å². The SMILES string of the molecule is CCNCC(COC)N1CCSCC1C. The Morgan fingerprint density at radius 2 is 2.40 bits per heavy atom.